The van der Waals surface area contributed by atoms with E-state index >= 15 is 0 Å². The third-order valence-electron chi connectivity index (χ3n) is 5.79. The Hall–Kier alpha value is -2.44. The van der Waals surface area contributed by atoms with Crippen LogP contribution >= 0.6 is 11.3 Å². The van der Waals surface area contributed by atoms with Crippen LogP contribution in [0.4, 0.5) is 18.0 Å². The molecule has 12 heteroatoms. The molecule has 0 saturated carbocycles. The number of alkyl halides is 3. The van der Waals surface area contributed by atoms with E-state index in [2.05, 4.69) is 10.2 Å². The molecule has 1 N–H and O–H groups in total. The summed E-state index contributed by atoms with van der Waals surface area (Å²) in [5, 5.41) is 17.9. The SMILES string of the molecule is CC(C)(C)OC(=O)N1C(C)(C)OC[C@]1(C)c1nnc(-c2ccc(OCCCCCO)c(C(F)(F)F)c2)s1. The number of nitrogens with zero attached hydrogens (tertiary/aromatic N) is 3. The first kappa shape index (κ1) is 29.1. The topological polar surface area (TPSA) is 94.0 Å². The molecular weight excluding hydrogens is 511 g/mol. The summed E-state index contributed by atoms with van der Waals surface area (Å²) in [6.45, 7) is 10.8. The third-order valence-corrected chi connectivity index (χ3v) is 7.02. The molecular formula is C25H34F3N3O5S. The lowest BCUT2D eigenvalue weighted by atomic mass is 10.0. The molecule has 0 aliphatic carbocycles. The van der Waals surface area contributed by atoms with E-state index < -0.39 is 34.7 Å². The van der Waals surface area contributed by atoms with Crippen molar-refractivity contribution in [3.05, 3.63) is 28.8 Å². The minimum absolute atomic E-state index is 0.0323. The molecule has 1 saturated heterocycles. The van der Waals surface area contributed by atoms with Crippen LogP contribution in [-0.4, -0.2) is 57.4 Å². The number of amides is 1. The van der Waals surface area contributed by atoms with E-state index in [1.807, 2.05) is 0 Å². The van der Waals surface area contributed by atoms with Gasteiger partial charge in [0.15, 0.2) is 0 Å². The summed E-state index contributed by atoms with van der Waals surface area (Å²) in [6.07, 6.45) is -3.46. The van der Waals surface area contributed by atoms with E-state index in [9.17, 15) is 18.0 Å². The second-order valence-corrected chi connectivity index (χ2v) is 11.6. The number of aliphatic hydroxyl groups excluding tert-OH is 1. The van der Waals surface area contributed by atoms with Gasteiger partial charge in [-0.3, -0.25) is 4.90 Å². The smallest absolute Gasteiger partial charge is 0.419 e. The Morgan fingerprint density at radius 1 is 1.16 bits per heavy atom. The number of ether oxygens (including phenoxy) is 3. The van der Waals surface area contributed by atoms with Gasteiger partial charge < -0.3 is 19.3 Å². The molecule has 206 valence electrons. The van der Waals surface area contributed by atoms with Crippen LogP contribution in [0.1, 0.15) is 71.4 Å². The van der Waals surface area contributed by atoms with Crippen molar-refractivity contribution in [3.63, 3.8) is 0 Å². The van der Waals surface area contributed by atoms with Crippen LogP contribution in [0.3, 0.4) is 0 Å². The Balaban J connectivity index is 1.90. The zero-order valence-electron chi connectivity index (χ0n) is 21.9. The normalized spacial score (nSPS) is 19.8. The van der Waals surface area contributed by atoms with Gasteiger partial charge in [-0.2, -0.15) is 13.2 Å². The van der Waals surface area contributed by atoms with Crippen LogP contribution in [0.5, 0.6) is 5.75 Å². The number of hydrogen-bond acceptors (Lipinski definition) is 8. The van der Waals surface area contributed by atoms with Crippen molar-refractivity contribution in [1.29, 1.82) is 0 Å². The lowest BCUT2D eigenvalue weighted by Crippen LogP contribution is -2.54. The summed E-state index contributed by atoms with van der Waals surface area (Å²) in [6, 6.07) is 3.78. The second kappa shape index (κ2) is 10.7. The van der Waals surface area contributed by atoms with Crippen molar-refractivity contribution in [2.75, 3.05) is 19.8 Å². The number of aliphatic hydroxyl groups is 1. The van der Waals surface area contributed by atoms with Gasteiger partial charge in [-0.15, -0.1) is 10.2 Å². The molecule has 0 unspecified atom stereocenters. The van der Waals surface area contributed by atoms with E-state index in [1.165, 1.54) is 17.0 Å². The third kappa shape index (κ3) is 6.71. The highest BCUT2D eigenvalue weighted by Gasteiger charge is 2.55. The van der Waals surface area contributed by atoms with Crippen molar-refractivity contribution in [3.8, 4) is 16.3 Å². The van der Waals surface area contributed by atoms with Crippen LogP contribution in [0, 0.1) is 0 Å². The summed E-state index contributed by atoms with van der Waals surface area (Å²) < 4.78 is 58.4. The minimum atomic E-state index is -4.63. The quantitative estimate of drug-likeness (QED) is 0.408. The van der Waals surface area contributed by atoms with Crippen molar-refractivity contribution < 1.29 is 37.3 Å². The Bertz CT molecular complexity index is 1100. The summed E-state index contributed by atoms with van der Waals surface area (Å²) in [5.74, 6) is -0.265. The summed E-state index contributed by atoms with van der Waals surface area (Å²) in [7, 11) is 0. The van der Waals surface area contributed by atoms with Gasteiger partial charge >= 0.3 is 12.3 Å². The zero-order valence-corrected chi connectivity index (χ0v) is 22.8. The Labute approximate surface area is 218 Å². The van der Waals surface area contributed by atoms with Gasteiger partial charge in [0.2, 0.25) is 0 Å². The van der Waals surface area contributed by atoms with Gasteiger partial charge in [0.1, 0.15) is 32.6 Å². The molecule has 0 spiro atoms. The van der Waals surface area contributed by atoms with E-state index in [0.29, 0.717) is 24.3 Å². The van der Waals surface area contributed by atoms with E-state index in [0.717, 1.165) is 17.4 Å². The Morgan fingerprint density at radius 3 is 2.49 bits per heavy atom. The first-order valence-corrected chi connectivity index (χ1v) is 12.9. The van der Waals surface area contributed by atoms with Gasteiger partial charge in [-0.1, -0.05) is 11.3 Å². The lowest BCUT2D eigenvalue weighted by molar-refractivity contribution is -0.138. The van der Waals surface area contributed by atoms with E-state index in [4.69, 9.17) is 19.3 Å². The number of benzene rings is 1. The molecule has 3 rings (SSSR count). The maximum Gasteiger partial charge on any atom is 0.419 e. The monoisotopic (exact) mass is 545 g/mol. The molecule has 0 bridgehead atoms. The fourth-order valence-electron chi connectivity index (χ4n) is 4.07. The molecule has 1 fully saturated rings. The molecule has 0 radical (unpaired) electrons. The molecule has 1 aromatic carbocycles. The first-order chi connectivity index (χ1) is 17.1. The lowest BCUT2D eigenvalue weighted by Gasteiger charge is -2.39. The predicted octanol–water partition coefficient (Wildman–Crippen LogP) is 5.98. The van der Waals surface area contributed by atoms with Gasteiger partial charge in [0, 0.05) is 12.2 Å². The average Bonchev–Trinajstić information content (AvgIpc) is 3.35. The zero-order chi connectivity index (χ0) is 27.6. The van der Waals surface area contributed by atoms with Crippen LogP contribution in [0.15, 0.2) is 18.2 Å². The molecule has 1 atom stereocenters. The van der Waals surface area contributed by atoms with E-state index in [1.54, 1.807) is 41.5 Å². The highest BCUT2D eigenvalue weighted by atomic mass is 32.1. The molecule has 1 aromatic heterocycles. The van der Waals surface area contributed by atoms with Gasteiger partial charge in [-0.05, 0) is 79.0 Å². The summed E-state index contributed by atoms with van der Waals surface area (Å²) in [5.41, 5.74) is -3.45. The maximum atomic E-state index is 13.8. The van der Waals surface area contributed by atoms with E-state index in [-0.39, 0.29) is 36.1 Å². The average molecular weight is 546 g/mol. The number of aromatic nitrogens is 2. The highest BCUT2D eigenvalue weighted by molar-refractivity contribution is 7.14. The largest absolute Gasteiger partial charge is 0.493 e. The number of unbranched alkanes of at least 4 members (excludes halogenated alkanes) is 2. The van der Waals surface area contributed by atoms with Crippen LogP contribution in [0.25, 0.3) is 10.6 Å². The molecule has 2 aromatic rings. The predicted molar refractivity (Wildman–Crippen MR) is 132 cm³/mol. The summed E-state index contributed by atoms with van der Waals surface area (Å²) in [4.78, 5) is 14.6. The number of hydrogen-bond donors (Lipinski definition) is 1. The number of rotatable bonds is 8. The van der Waals surface area contributed by atoms with Crippen molar-refractivity contribution in [2.45, 2.75) is 83.8 Å². The molecule has 37 heavy (non-hydrogen) atoms. The van der Waals surface area contributed by atoms with Crippen molar-refractivity contribution in [1.82, 2.24) is 15.1 Å². The van der Waals surface area contributed by atoms with Crippen LogP contribution < -0.4 is 4.74 Å². The molecule has 1 amide bonds. The van der Waals surface area contributed by atoms with Gasteiger partial charge in [-0.25, -0.2) is 4.79 Å². The molecule has 1 aliphatic rings. The van der Waals surface area contributed by atoms with Crippen molar-refractivity contribution >= 4 is 17.4 Å². The number of carbonyl (C=O) groups is 1. The van der Waals surface area contributed by atoms with Crippen LogP contribution in [0.2, 0.25) is 0 Å². The molecule has 2 heterocycles. The maximum absolute atomic E-state index is 13.8. The van der Waals surface area contributed by atoms with Gasteiger partial charge in [0.25, 0.3) is 0 Å². The molecule has 1 aliphatic heterocycles. The standard InChI is InChI=1S/C25H34F3N3O5S/c1-22(2,3)36-21(33)31-23(4,5)35-15-24(31,6)20-30-29-19(37-20)16-10-11-18(17(14-16)25(26,27)28)34-13-9-7-8-12-32/h10-11,14,32H,7-9,12-13,15H2,1-6H3/t24-/m1/s1. The number of carbonyl (C=O) groups excluding carboxylic acids is 1. The second-order valence-electron chi connectivity index (χ2n) is 10.6. The minimum Gasteiger partial charge on any atom is -0.493 e. The fourth-order valence-corrected chi connectivity index (χ4v) is 5.03. The Kier molecular flexibility index (Phi) is 8.45. The first-order valence-electron chi connectivity index (χ1n) is 12.0. The fraction of sp³-hybridized carbons (Fsp3) is 0.640. The van der Waals surface area contributed by atoms with Crippen molar-refractivity contribution in [2.24, 2.45) is 0 Å². The van der Waals surface area contributed by atoms with Crippen LogP contribution in [-0.2, 0) is 21.2 Å². The highest BCUT2D eigenvalue weighted by Crippen LogP contribution is 2.45. The molecule has 8 nitrogen and oxygen atoms in total. The Morgan fingerprint density at radius 2 is 1.86 bits per heavy atom. The summed E-state index contributed by atoms with van der Waals surface area (Å²) >= 11 is 1.09. The van der Waals surface area contributed by atoms with Gasteiger partial charge in [0.05, 0.1) is 18.8 Å². The number of halogens is 3.